The second kappa shape index (κ2) is 8.50. The summed E-state index contributed by atoms with van der Waals surface area (Å²) in [5, 5.41) is 0. The molecule has 0 saturated heterocycles. The first-order chi connectivity index (χ1) is 15.5. The number of rotatable bonds is 4. The molecule has 1 amide bonds. The number of halogens is 3. The monoisotopic (exact) mass is 461 g/mol. The first-order valence-electron chi connectivity index (χ1n) is 11.4. The smallest absolute Gasteiger partial charge is 0.351 e. The lowest BCUT2D eigenvalue weighted by molar-refractivity contribution is -0.137. The van der Waals surface area contributed by atoms with E-state index in [1.54, 1.807) is 31.1 Å². The SMILES string of the molecule is CCN(c1ncc2c(n1)N(C1CCCC1)CC(C)(C)C(=O)N2C)c1ccccc1C(F)(F)F. The number of aromatic nitrogens is 2. The van der Waals surface area contributed by atoms with Crippen molar-refractivity contribution in [2.24, 2.45) is 5.41 Å². The van der Waals surface area contributed by atoms with Gasteiger partial charge in [-0.3, -0.25) is 4.79 Å². The number of benzene rings is 1. The van der Waals surface area contributed by atoms with Gasteiger partial charge in [-0.15, -0.1) is 0 Å². The van der Waals surface area contributed by atoms with E-state index in [-0.39, 0.29) is 30.1 Å². The largest absolute Gasteiger partial charge is 0.418 e. The molecule has 2 aromatic rings. The van der Waals surface area contributed by atoms with Gasteiger partial charge in [0.05, 0.1) is 22.9 Å². The third-order valence-corrected chi connectivity index (χ3v) is 6.64. The van der Waals surface area contributed by atoms with Gasteiger partial charge in [0.2, 0.25) is 11.9 Å². The molecule has 0 atom stereocenters. The van der Waals surface area contributed by atoms with Gasteiger partial charge in [0.15, 0.2) is 5.82 Å². The lowest BCUT2D eigenvalue weighted by Crippen LogP contribution is -2.45. The van der Waals surface area contributed by atoms with Crippen molar-refractivity contribution >= 4 is 29.0 Å². The van der Waals surface area contributed by atoms with Crippen molar-refractivity contribution in [3.63, 3.8) is 0 Å². The fourth-order valence-electron chi connectivity index (χ4n) is 4.95. The van der Waals surface area contributed by atoms with Crippen molar-refractivity contribution in [2.45, 2.75) is 58.7 Å². The zero-order valence-electron chi connectivity index (χ0n) is 19.5. The van der Waals surface area contributed by atoms with E-state index in [1.807, 2.05) is 13.8 Å². The Morgan fingerprint density at radius 3 is 2.48 bits per heavy atom. The average Bonchev–Trinajstić information content (AvgIpc) is 3.29. The maximum atomic E-state index is 13.7. The molecule has 2 heterocycles. The molecule has 178 valence electrons. The number of para-hydroxylation sites is 1. The highest BCUT2D eigenvalue weighted by atomic mass is 19.4. The van der Waals surface area contributed by atoms with Crippen LogP contribution >= 0.6 is 0 Å². The highest BCUT2D eigenvalue weighted by Crippen LogP contribution is 2.42. The number of anilines is 4. The van der Waals surface area contributed by atoms with Crippen molar-refractivity contribution in [3.05, 3.63) is 36.0 Å². The number of fused-ring (bicyclic) bond motifs is 1. The van der Waals surface area contributed by atoms with Crippen LogP contribution in [0.5, 0.6) is 0 Å². The van der Waals surface area contributed by atoms with Gasteiger partial charge in [0.25, 0.3) is 0 Å². The second-order valence-corrected chi connectivity index (χ2v) is 9.45. The molecule has 0 unspecified atom stereocenters. The summed E-state index contributed by atoms with van der Waals surface area (Å²) in [4.78, 5) is 27.6. The lowest BCUT2D eigenvalue weighted by atomic mass is 9.91. The minimum atomic E-state index is -4.50. The maximum Gasteiger partial charge on any atom is 0.418 e. The van der Waals surface area contributed by atoms with Crippen LogP contribution in [0.4, 0.5) is 36.3 Å². The molecule has 9 heteroatoms. The molecule has 1 aliphatic heterocycles. The predicted molar refractivity (Wildman–Crippen MR) is 123 cm³/mol. The number of carbonyl (C=O) groups is 1. The number of hydrogen-bond acceptors (Lipinski definition) is 5. The van der Waals surface area contributed by atoms with Gasteiger partial charge < -0.3 is 14.7 Å². The minimum Gasteiger partial charge on any atom is -0.351 e. The van der Waals surface area contributed by atoms with Crippen molar-refractivity contribution in [1.29, 1.82) is 0 Å². The van der Waals surface area contributed by atoms with Crippen LogP contribution in [-0.4, -0.2) is 42.1 Å². The number of alkyl halides is 3. The summed E-state index contributed by atoms with van der Waals surface area (Å²) in [7, 11) is 1.71. The summed E-state index contributed by atoms with van der Waals surface area (Å²) in [6.45, 7) is 6.37. The number of hydrogen-bond donors (Lipinski definition) is 0. The van der Waals surface area contributed by atoms with Crippen molar-refractivity contribution in [1.82, 2.24) is 9.97 Å². The van der Waals surface area contributed by atoms with Crippen LogP contribution in [0.2, 0.25) is 0 Å². The average molecular weight is 462 g/mol. The Morgan fingerprint density at radius 2 is 1.85 bits per heavy atom. The van der Waals surface area contributed by atoms with E-state index < -0.39 is 17.2 Å². The minimum absolute atomic E-state index is 0.0123. The molecule has 2 aliphatic rings. The summed E-state index contributed by atoms with van der Waals surface area (Å²) in [6, 6.07) is 5.71. The van der Waals surface area contributed by atoms with Gasteiger partial charge in [0.1, 0.15) is 5.69 Å². The Balaban J connectivity index is 1.85. The molecule has 1 aliphatic carbocycles. The molecule has 1 saturated carbocycles. The third kappa shape index (κ3) is 4.25. The lowest BCUT2D eigenvalue weighted by Gasteiger charge is -2.34. The fourth-order valence-corrected chi connectivity index (χ4v) is 4.95. The van der Waals surface area contributed by atoms with Gasteiger partial charge in [0, 0.05) is 26.2 Å². The molecule has 0 radical (unpaired) electrons. The van der Waals surface area contributed by atoms with Crippen LogP contribution in [0.15, 0.2) is 30.5 Å². The standard InChI is InChI=1S/C24H30F3N5O/c1-5-31(18-13-9-8-12-17(18)24(25,26)27)22-28-14-19-20(29-22)32(16-10-6-7-11-16)15-23(2,3)21(33)30(19)4/h8-9,12-14,16H,5-7,10-11,15H2,1-4H3. The molecule has 1 aromatic carbocycles. The highest BCUT2D eigenvalue weighted by molar-refractivity contribution is 6.00. The van der Waals surface area contributed by atoms with E-state index in [1.165, 1.54) is 17.0 Å². The molecule has 33 heavy (non-hydrogen) atoms. The summed E-state index contributed by atoms with van der Waals surface area (Å²) in [5.74, 6) is 0.767. The van der Waals surface area contributed by atoms with Crippen LogP contribution < -0.4 is 14.7 Å². The van der Waals surface area contributed by atoms with E-state index in [4.69, 9.17) is 4.98 Å². The molecule has 4 rings (SSSR count). The van der Waals surface area contributed by atoms with Gasteiger partial charge in [-0.25, -0.2) is 4.98 Å². The van der Waals surface area contributed by atoms with E-state index >= 15 is 0 Å². The van der Waals surface area contributed by atoms with E-state index in [0.29, 0.717) is 18.1 Å². The zero-order chi connectivity index (χ0) is 24.0. The molecular formula is C24H30F3N5O. The Morgan fingerprint density at radius 1 is 1.18 bits per heavy atom. The van der Waals surface area contributed by atoms with Gasteiger partial charge in [-0.05, 0) is 45.7 Å². The van der Waals surface area contributed by atoms with Gasteiger partial charge in [-0.1, -0.05) is 25.0 Å². The Kier molecular flexibility index (Phi) is 6.01. The summed E-state index contributed by atoms with van der Waals surface area (Å²) in [5.41, 5.74) is -0.767. The van der Waals surface area contributed by atoms with Crippen LogP contribution in [0, 0.1) is 5.41 Å². The number of amides is 1. The molecule has 6 nitrogen and oxygen atoms in total. The Bertz CT molecular complexity index is 1030. The molecular weight excluding hydrogens is 431 g/mol. The third-order valence-electron chi connectivity index (χ3n) is 6.64. The van der Waals surface area contributed by atoms with E-state index in [0.717, 1.165) is 31.7 Å². The van der Waals surface area contributed by atoms with E-state index in [2.05, 4.69) is 9.88 Å². The predicted octanol–water partition coefficient (Wildman–Crippen LogP) is 5.41. The van der Waals surface area contributed by atoms with Crippen LogP contribution in [0.25, 0.3) is 0 Å². The summed E-state index contributed by atoms with van der Waals surface area (Å²) < 4.78 is 41.1. The van der Waals surface area contributed by atoms with Crippen molar-refractivity contribution in [3.8, 4) is 0 Å². The molecule has 0 bridgehead atoms. The topological polar surface area (TPSA) is 52.6 Å². The molecule has 1 aromatic heterocycles. The van der Waals surface area contributed by atoms with Crippen LogP contribution in [0.3, 0.4) is 0 Å². The normalized spacial score (nSPS) is 18.9. The maximum absolute atomic E-state index is 13.7. The number of carbonyl (C=O) groups excluding carboxylic acids is 1. The fraction of sp³-hybridized carbons (Fsp3) is 0.542. The van der Waals surface area contributed by atoms with Gasteiger partial charge in [-0.2, -0.15) is 18.2 Å². The highest BCUT2D eigenvalue weighted by Gasteiger charge is 2.42. The summed E-state index contributed by atoms with van der Waals surface area (Å²) in [6.07, 6.45) is 1.29. The van der Waals surface area contributed by atoms with Crippen LogP contribution in [-0.2, 0) is 11.0 Å². The molecule has 0 spiro atoms. The Labute approximate surface area is 192 Å². The van der Waals surface area contributed by atoms with Crippen LogP contribution in [0.1, 0.15) is 52.0 Å². The first-order valence-corrected chi connectivity index (χ1v) is 11.4. The summed E-state index contributed by atoms with van der Waals surface area (Å²) >= 11 is 0. The van der Waals surface area contributed by atoms with Crippen molar-refractivity contribution < 1.29 is 18.0 Å². The quantitative estimate of drug-likeness (QED) is 0.610. The zero-order valence-corrected chi connectivity index (χ0v) is 19.5. The molecule has 0 N–H and O–H groups in total. The molecule has 1 fully saturated rings. The van der Waals surface area contributed by atoms with E-state index in [9.17, 15) is 18.0 Å². The Hall–Kier alpha value is -2.84. The van der Waals surface area contributed by atoms with Crippen molar-refractivity contribution in [2.75, 3.05) is 34.8 Å². The van der Waals surface area contributed by atoms with Gasteiger partial charge >= 0.3 is 6.18 Å². The number of nitrogens with zero attached hydrogens (tertiary/aromatic N) is 5. The second-order valence-electron chi connectivity index (χ2n) is 9.45. The first kappa shape index (κ1) is 23.3.